The average Bonchev–Trinajstić information content (AvgIpc) is 3.39. The molecule has 2 heterocycles. The van der Waals surface area contributed by atoms with E-state index in [0.29, 0.717) is 13.1 Å². The normalized spacial score (nSPS) is 11.2. The van der Waals surface area contributed by atoms with Gasteiger partial charge in [-0.15, -0.1) is 35.3 Å². The van der Waals surface area contributed by atoms with Crippen LogP contribution in [-0.2, 0) is 38.8 Å². The summed E-state index contributed by atoms with van der Waals surface area (Å²) in [6, 6.07) is 10.5. The maximum absolute atomic E-state index is 5.43. The van der Waals surface area contributed by atoms with Crippen molar-refractivity contribution in [2.24, 2.45) is 4.99 Å². The zero-order valence-corrected chi connectivity index (χ0v) is 20.9. The minimum absolute atomic E-state index is 0. The standard InChI is InChI=1S/C22H29N5OS.HI/c1-4-19-18(20(5-2)28-27-19)14-25-22(23-3)24-13-17-15-29-21(26-17)12-11-16-9-7-6-8-10-16;/h6-10,15H,4-5,11-14H2,1-3H3,(H2,23,24,25);1H. The molecule has 0 fully saturated rings. The van der Waals surface area contributed by atoms with Gasteiger partial charge in [-0.2, -0.15) is 0 Å². The second-order valence-corrected chi connectivity index (χ2v) is 7.68. The number of nitrogens with one attached hydrogen (secondary N) is 2. The second-order valence-electron chi connectivity index (χ2n) is 6.74. The minimum atomic E-state index is 0. The van der Waals surface area contributed by atoms with Gasteiger partial charge in [0.25, 0.3) is 0 Å². The van der Waals surface area contributed by atoms with E-state index in [0.717, 1.165) is 54.4 Å². The number of nitrogens with zero attached hydrogens (tertiary/aromatic N) is 3. The van der Waals surface area contributed by atoms with Gasteiger partial charge >= 0.3 is 0 Å². The monoisotopic (exact) mass is 539 g/mol. The molecule has 2 N–H and O–H groups in total. The lowest BCUT2D eigenvalue weighted by atomic mass is 10.1. The zero-order valence-electron chi connectivity index (χ0n) is 17.8. The number of aryl methyl sites for hydroxylation is 4. The fourth-order valence-corrected chi connectivity index (χ4v) is 3.94. The minimum Gasteiger partial charge on any atom is -0.361 e. The van der Waals surface area contributed by atoms with Crippen molar-refractivity contribution >= 4 is 41.3 Å². The molecule has 3 aromatic rings. The highest BCUT2D eigenvalue weighted by atomic mass is 127. The van der Waals surface area contributed by atoms with E-state index in [4.69, 9.17) is 9.51 Å². The smallest absolute Gasteiger partial charge is 0.191 e. The first-order chi connectivity index (χ1) is 14.2. The van der Waals surface area contributed by atoms with Crippen molar-refractivity contribution < 1.29 is 4.52 Å². The van der Waals surface area contributed by atoms with Crippen LogP contribution in [0, 0.1) is 0 Å². The molecule has 6 nitrogen and oxygen atoms in total. The summed E-state index contributed by atoms with van der Waals surface area (Å²) in [5, 5.41) is 14.1. The molecule has 2 aromatic heterocycles. The topological polar surface area (TPSA) is 75.3 Å². The Morgan fingerprint density at radius 3 is 2.53 bits per heavy atom. The molecule has 3 rings (SSSR count). The third kappa shape index (κ3) is 6.80. The second kappa shape index (κ2) is 12.7. The lowest BCUT2D eigenvalue weighted by Crippen LogP contribution is -2.36. The molecule has 30 heavy (non-hydrogen) atoms. The van der Waals surface area contributed by atoms with Crippen molar-refractivity contribution in [3.05, 3.63) is 69.0 Å². The summed E-state index contributed by atoms with van der Waals surface area (Å²) in [7, 11) is 1.77. The Kier molecular flexibility index (Phi) is 10.3. The Morgan fingerprint density at radius 2 is 1.83 bits per heavy atom. The summed E-state index contributed by atoms with van der Waals surface area (Å²) in [5.41, 5.74) is 4.52. The predicted molar refractivity (Wildman–Crippen MR) is 134 cm³/mol. The van der Waals surface area contributed by atoms with Gasteiger partial charge in [0, 0.05) is 37.4 Å². The molecule has 0 aliphatic heterocycles. The van der Waals surface area contributed by atoms with E-state index in [9.17, 15) is 0 Å². The molecule has 0 saturated heterocycles. The molecule has 1 aromatic carbocycles. The lowest BCUT2D eigenvalue weighted by Gasteiger charge is -2.11. The van der Waals surface area contributed by atoms with Gasteiger partial charge in [-0.1, -0.05) is 49.3 Å². The number of rotatable bonds is 9. The number of hydrogen-bond donors (Lipinski definition) is 2. The Balaban J connectivity index is 0.00000320. The van der Waals surface area contributed by atoms with Crippen LogP contribution in [0.5, 0.6) is 0 Å². The molecule has 0 aliphatic rings. The van der Waals surface area contributed by atoms with E-state index in [-0.39, 0.29) is 24.0 Å². The first-order valence-corrected chi connectivity index (χ1v) is 11.0. The summed E-state index contributed by atoms with van der Waals surface area (Å²) >= 11 is 1.72. The van der Waals surface area contributed by atoms with Gasteiger partial charge in [-0.3, -0.25) is 4.99 Å². The third-order valence-corrected chi connectivity index (χ3v) is 5.73. The average molecular weight is 539 g/mol. The number of benzene rings is 1. The molecule has 8 heteroatoms. The van der Waals surface area contributed by atoms with Crippen LogP contribution in [0.2, 0.25) is 0 Å². The van der Waals surface area contributed by atoms with E-state index in [2.05, 4.69) is 64.3 Å². The van der Waals surface area contributed by atoms with Crippen LogP contribution in [0.3, 0.4) is 0 Å². The number of aliphatic imine (C=N–C) groups is 1. The van der Waals surface area contributed by atoms with Crippen LogP contribution < -0.4 is 10.6 Å². The molecule has 0 aliphatic carbocycles. The molecule has 0 saturated carbocycles. The number of aromatic nitrogens is 2. The van der Waals surface area contributed by atoms with Gasteiger partial charge in [0.15, 0.2) is 5.96 Å². The molecular weight excluding hydrogens is 509 g/mol. The first kappa shape index (κ1) is 24.3. The van der Waals surface area contributed by atoms with Crippen molar-refractivity contribution in [3.63, 3.8) is 0 Å². The maximum Gasteiger partial charge on any atom is 0.191 e. The van der Waals surface area contributed by atoms with Gasteiger partial charge in [0.1, 0.15) is 5.76 Å². The molecule has 162 valence electrons. The van der Waals surface area contributed by atoms with Gasteiger partial charge in [-0.05, 0) is 18.4 Å². The highest BCUT2D eigenvalue weighted by Crippen LogP contribution is 2.16. The highest BCUT2D eigenvalue weighted by Gasteiger charge is 2.13. The van der Waals surface area contributed by atoms with Crippen LogP contribution in [0.1, 0.15) is 47.1 Å². The summed E-state index contributed by atoms with van der Waals surface area (Å²) < 4.78 is 5.43. The summed E-state index contributed by atoms with van der Waals surface area (Å²) in [6.45, 7) is 5.46. The van der Waals surface area contributed by atoms with Gasteiger partial charge in [0.2, 0.25) is 0 Å². The zero-order chi connectivity index (χ0) is 20.5. The number of halogens is 1. The predicted octanol–water partition coefficient (Wildman–Crippen LogP) is 4.52. The first-order valence-electron chi connectivity index (χ1n) is 10.1. The van der Waals surface area contributed by atoms with Crippen molar-refractivity contribution in [1.29, 1.82) is 0 Å². The Hall–Kier alpha value is -1.94. The molecule has 0 radical (unpaired) electrons. The van der Waals surface area contributed by atoms with Gasteiger partial charge in [0.05, 0.1) is 22.9 Å². The van der Waals surface area contributed by atoms with E-state index >= 15 is 0 Å². The van der Waals surface area contributed by atoms with Crippen molar-refractivity contribution in [1.82, 2.24) is 20.8 Å². The summed E-state index contributed by atoms with van der Waals surface area (Å²) in [5.74, 6) is 1.68. The Morgan fingerprint density at radius 1 is 1.07 bits per heavy atom. The fraction of sp³-hybridized carbons (Fsp3) is 0.409. The number of thiazole rings is 1. The number of hydrogen-bond acceptors (Lipinski definition) is 5. The van der Waals surface area contributed by atoms with Crippen LogP contribution in [0.4, 0.5) is 0 Å². The summed E-state index contributed by atoms with van der Waals surface area (Å²) in [6.07, 6.45) is 3.68. The number of guanidine groups is 1. The SMILES string of the molecule is CCc1noc(CC)c1CNC(=NC)NCc1csc(CCc2ccccc2)n1.I. The van der Waals surface area contributed by atoms with Crippen molar-refractivity contribution in [2.45, 2.75) is 52.6 Å². The van der Waals surface area contributed by atoms with E-state index in [1.807, 2.05) is 6.07 Å². The van der Waals surface area contributed by atoms with Crippen LogP contribution in [-0.4, -0.2) is 23.1 Å². The quantitative estimate of drug-likeness (QED) is 0.238. The van der Waals surface area contributed by atoms with E-state index in [1.54, 1.807) is 18.4 Å². The van der Waals surface area contributed by atoms with Crippen molar-refractivity contribution in [3.8, 4) is 0 Å². The van der Waals surface area contributed by atoms with Crippen LogP contribution in [0.15, 0.2) is 45.2 Å². The van der Waals surface area contributed by atoms with E-state index in [1.165, 1.54) is 10.6 Å². The third-order valence-electron chi connectivity index (χ3n) is 4.77. The van der Waals surface area contributed by atoms with Crippen LogP contribution >= 0.6 is 35.3 Å². The molecule has 0 bridgehead atoms. The molecule has 0 atom stereocenters. The molecule has 0 spiro atoms. The largest absolute Gasteiger partial charge is 0.361 e. The van der Waals surface area contributed by atoms with Gasteiger partial charge in [-0.25, -0.2) is 4.98 Å². The highest BCUT2D eigenvalue weighted by molar-refractivity contribution is 14.0. The van der Waals surface area contributed by atoms with E-state index < -0.39 is 0 Å². The van der Waals surface area contributed by atoms with Crippen LogP contribution in [0.25, 0.3) is 0 Å². The summed E-state index contributed by atoms with van der Waals surface area (Å²) in [4.78, 5) is 9.06. The van der Waals surface area contributed by atoms with Gasteiger partial charge < -0.3 is 15.2 Å². The molecular formula is C22H30IN5OS. The maximum atomic E-state index is 5.43. The Bertz CT molecular complexity index is 901. The Labute approximate surface area is 199 Å². The van der Waals surface area contributed by atoms with Crippen molar-refractivity contribution in [2.75, 3.05) is 7.05 Å². The molecule has 0 amide bonds. The fourth-order valence-electron chi connectivity index (χ4n) is 3.15. The molecule has 0 unspecified atom stereocenters. The lowest BCUT2D eigenvalue weighted by molar-refractivity contribution is 0.380.